The van der Waals surface area contributed by atoms with Gasteiger partial charge < -0.3 is 14.6 Å². The smallest absolute Gasteiger partial charge is 0.274 e. The average molecular weight is 312 g/mol. The summed E-state index contributed by atoms with van der Waals surface area (Å²) in [5.74, 6) is 2.02. The minimum atomic E-state index is -0.155. The van der Waals surface area contributed by atoms with Gasteiger partial charge in [0, 0.05) is 6.04 Å². The van der Waals surface area contributed by atoms with Gasteiger partial charge in [-0.2, -0.15) is 0 Å². The van der Waals surface area contributed by atoms with E-state index in [4.69, 9.17) is 9.26 Å². The molecule has 1 fully saturated rings. The van der Waals surface area contributed by atoms with E-state index >= 15 is 0 Å². The Labute approximate surface area is 135 Å². The van der Waals surface area contributed by atoms with E-state index in [0.29, 0.717) is 18.1 Å². The summed E-state index contributed by atoms with van der Waals surface area (Å²) >= 11 is 0. The van der Waals surface area contributed by atoms with E-state index in [1.54, 1.807) is 0 Å². The third kappa shape index (κ3) is 2.60. The van der Waals surface area contributed by atoms with Gasteiger partial charge in [-0.3, -0.25) is 4.79 Å². The van der Waals surface area contributed by atoms with Crippen LogP contribution in [0, 0.1) is 5.92 Å². The molecule has 0 unspecified atom stereocenters. The van der Waals surface area contributed by atoms with E-state index in [-0.39, 0.29) is 11.9 Å². The quantitative estimate of drug-likeness (QED) is 0.921. The van der Waals surface area contributed by atoms with Gasteiger partial charge in [-0.1, -0.05) is 24.2 Å². The van der Waals surface area contributed by atoms with Crippen LogP contribution < -0.4 is 10.1 Å². The van der Waals surface area contributed by atoms with Gasteiger partial charge in [-0.15, -0.1) is 0 Å². The van der Waals surface area contributed by atoms with Crippen molar-refractivity contribution in [3.8, 4) is 17.1 Å². The molecule has 2 aromatic rings. The van der Waals surface area contributed by atoms with E-state index < -0.39 is 0 Å². The van der Waals surface area contributed by atoms with Crippen LogP contribution in [-0.2, 0) is 6.61 Å². The minimum absolute atomic E-state index is 0.155. The first kappa shape index (κ1) is 14.3. The second-order valence-electron chi connectivity index (χ2n) is 6.55. The Morgan fingerprint density at radius 2 is 2.00 bits per heavy atom. The van der Waals surface area contributed by atoms with Crippen LogP contribution in [0.4, 0.5) is 0 Å². The van der Waals surface area contributed by atoms with Crippen LogP contribution in [0.15, 0.2) is 28.8 Å². The summed E-state index contributed by atoms with van der Waals surface area (Å²) in [5, 5.41) is 7.11. The van der Waals surface area contributed by atoms with Crippen molar-refractivity contribution in [2.75, 3.05) is 0 Å². The van der Waals surface area contributed by atoms with E-state index in [2.05, 4.69) is 17.4 Å². The predicted octanol–water partition coefficient (Wildman–Crippen LogP) is 3.54. The van der Waals surface area contributed by atoms with Gasteiger partial charge in [0.15, 0.2) is 11.5 Å². The summed E-state index contributed by atoms with van der Waals surface area (Å²) < 4.78 is 11.2. The molecule has 2 heterocycles. The van der Waals surface area contributed by atoms with Gasteiger partial charge in [-0.05, 0) is 43.7 Å². The fraction of sp³-hybridized carbons (Fsp3) is 0.444. The molecule has 0 atom stereocenters. The Balaban J connectivity index is 1.55. The number of para-hydroxylation sites is 1. The monoisotopic (exact) mass is 312 g/mol. The molecule has 0 radical (unpaired) electrons. The predicted molar refractivity (Wildman–Crippen MR) is 85.2 cm³/mol. The largest absolute Gasteiger partial charge is 0.488 e. The average Bonchev–Trinajstić information content (AvgIpc) is 3.01. The molecular weight excluding hydrogens is 292 g/mol. The molecule has 0 spiro atoms. The van der Waals surface area contributed by atoms with Crippen LogP contribution in [0.3, 0.4) is 0 Å². The maximum Gasteiger partial charge on any atom is 0.274 e. The highest BCUT2D eigenvalue weighted by atomic mass is 16.5. The van der Waals surface area contributed by atoms with Crippen molar-refractivity contribution >= 4 is 5.91 Å². The van der Waals surface area contributed by atoms with Crippen molar-refractivity contribution in [1.29, 1.82) is 0 Å². The molecule has 120 valence electrons. The minimum Gasteiger partial charge on any atom is -0.488 e. The molecular formula is C18H20N2O3. The maximum atomic E-state index is 12.6. The number of ether oxygens (including phenoxy) is 1. The van der Waals surface area contributed by atoms with Gasteiger partial charge >= 0.3 is 0 Å². The zero-order valence-electron chi connectivity index (χ0n) is 13.2. The van der Waals surface area contributed by atoms with Gasteiger partial charge in [0.25, 0.3) is 5.91 Å². The van der Waals surface area contributed by atoms with E-state index in [9.17, 15) is 4.79 Å². The number of rotatable bonds is 2. The lowest BCUT2D eigenvalue weighted by molar-refractivity contribution is 0.0911. The van der Waals surface area contributed by atoms with Gasteiger partial charge in [-0.25, -0.2) is 0 Å². The number of hydrogen-bond acceptors (Lipinski definition) is 4. The maximum absolute atomic E-state index is 12.6. The molecule has 1 amide bonds. The standard InChI is InChI=1S/C18H20N2O3/c1-11-6-8-12(9-7-11)19-18(21)16-14-10-22-15-5-3-2-4-13(15)17(14)23-20-16/h2-5,11-12H,6-10H2,1H3,(H,19,21). The first-order valence-corrected chi connectivity index (χ1v) is 8.24. The summed E-state index contributed by atoms with van der Waals surface area (Å²) in [5.41, 5.74) is 1.95. The zero-order valence-corrected chi connectivity index (χ0v) is 13.2. The fourth-order valence-corrected chi connectivity index (χ4v) is 3.42. The van der Waals surface area contributed by atoms with Crippen molar-refractivity contribution in [3.63, 3.8) is 0 Å². The highest BCUT2D eigenvalue weighted by molar-refractivity contribution is 5.95. The van der Waals surface area contributed by atoms with Gasteiger partial charge in [0.05, 0.1) is 11.1 Å². The third-order valence-electron chi connectivity index (χ3n) is 4.86. The topological polar surface area (TPSA) is 64.4 Å². The Bertz CT molecular complexity index is 730. The van der Waals surface area contributed by atoms with Crippen LogP contribution in [0.25, 0.3) is 11.3 Å². The molecule has 1 aromatic carbocycles. The molecule has 23 heavy (non-hydrogen) atoms. The van der Waals surface area contributed by atoms with Crippen LogP contribution in [0.5, 0.6) is 5.75 Å². The number of amides is 1. The lowest BCUT2D eigenvalue weighted by Gasteiger charge is -2.26. The first-order valence-electron chi connectivity index (χ1n) is 8.24. The summed E-state index contributed by atoms with van der Waals surface area (Å²) in [6, 6.07) is 7.88. The van der Waals surface area contributed by atoms with Crippen molar-refractivity contribution in [2.24, 2.45) is 5.92 Å². The molecule has 5 heteroatoms. The van der Waals surface area contributed by atoms with E-state index in [1.807, 2.05) is 24.3 Å². The Morgan fingerprint density at radius 1 is 1.22 bits per heavy atom. The number of nitrogens with zero attached hydrogens (tertiary/aromatic N) is 1. The normalized spacial score (nSPS) is 22.7. The molecule has 1 saturated carbocycles. The molecule has 1 N–H and O–H groups in total. The van der Waals surface area contributed by atoms with Crippen molar-refractivity contribution in [1.82, 2.24) is 10.5 Å². The third-order valence-corrected chi connectivity index (χ3v) is 4.86. The highest BCUT2D eigenvalue weighted by Gasteiger charge is 2.30. The number of hydrogen-bond donors (Lipinski definition) is 1. The molecule has 1 aliphatic carbocycles. The second-order valence-corrected chi connectivity index (χ2v) is 6.55. The summed E-state index contributed by atoms with van der Waals surface area (Å²) in [6.07, 6.45) is 4.40. The van der Waals surface area contributed by atoms with Crippen molar-refractivity contribution < 1.29 is 14.1 Å². The summed E-state index contributed by atoms with van der Waals surface area (Å²) in [7, 11) is 0. The Morgan fingerprint density at radius 3 is 2.83 bits per heavy atom. The number of aromatic nitrogens is 1. The lowest BCUT2D eigenvalue weighted by atomic mass is 9.87. The number of carbonyl (C=O) groups is 1. The SMILES string of the molecule is CC1CCC(NC(=O)c2noc3c2COc2ccccc2-3)CC1. The molecule has 2 aliphatic rings. The van der Waals surface area contributed by atoms with E-state index in [1.165, 1.54) is 12.8 Å². The van der Waals surface area contributed by atoms with Crippen molar-refractivity contribution in [2.45, 2.75) is 45.3 Å². The highest BCUT2D eigenvalue weighted by Crippen LogP contribution is 2.38. The van der Waals surface area contributed by atoms with Crippen LogP contribution >= 0.6 is 0 Å². The molecule has 0 bridgehead atoms. The fourth-order valence-electron chi connectivity index (χ4n) is 3.42. The summed E-state index contributed by atoms with van der Waals surface area (Å²) in [6.45, 7) is 2.58. The number of carbonyl (C=O) groups excluding carboxylic acids is 1. The van der Waals surface area contributed by atoms with Crippen LogP contribution in [-0.4, -0.2) is 17.1 Å². The first-order chi connectivity index (χ1) is 11.2. The molecule has 4 rings (SSSR count). The van der Waals surface area contributed by atoms with E-state index in [0.717, 1.165) is 35.6 Å². The number of benzene rings is 1. The zero-order chi connectivity index (χ0) is 15.8. The van der Waals surface area contributed by atoms with Gasteiger partial charge in [0.2, 0.25) is 0 Å². The molecule has 5 nitrogen and oxygen atoms in total. The second kappa shape index (κ2) is 5.72. The molecule has 1 aromatic heterocycles. The molecule has 1 aliphatic heterocycles. The summed E-state index contributed by atoms with van der Waals surface area (Å²) in [4.78, 5) is 12.6. The molecule has 0 saturated heterocycles. The van der Waals surface area contributed by atoms with Crippen LogP contribution in [0.2, 0.25) is 0 Å². The Hall–Kier alpha value is -2.30. The number of nitrogens with one attached hydrogen (secondary N) is 1. The van der Waals surface area contributed by atoms with Gasteiger partial charge in [0.1, 0.15) is 12.4 Å². The lowest BCUT2D eigenvalue weighted by Crippen LogP contribution is -2.38. The Kier molecular flexibility index (Phi) is 3.56. The van der Waals surface area contributed by atoms with Crippen LogP contribution in [0.1, 0.15) is 48.7 Å². The van der Waals surface area contributed by atoms with Crippen molar-refractivity contribution in [3.05, 3.63) is 35.5 Å². The number of fused-ring (bicyclic) bond motifs is 3.